The summed E-state index contributed by atoms with van der Waals surface area (Å²) >= 11 is 0. The predicted octanol–water partition coefficient (Wildman–Crippen LogP) is 2.42. The summed E-state index contributed by atoms with van der Waals surface area (Å²) in [4.78, 5) is 11.9. The molecule has 1 aliphatic heterocycles. The van der Waals surface area contributed by atoms with E-state index in [9.17, 15) is 9.90 Å². The second-order valence-electron chi connectivity index (χ2n) is 5.25. The average molecular weight is 262 g/mol. The summed E-state index contributed by atoms with van der Waals surface area (Å²) in [6.45, 7) is 3.94. The fourth-order valence-corrected chi connectivity index (χ4v) is 2.48. The third-order valence-corrected chi connectivity index (χ3v) is 3.75. The first-order valence-corrected chi connectivity index (χ1v) is 6.96. The first-order valence-electron chi connectivity index (χ1n) is 6.96. The molecule has 19 heavy (non-hydrogen) atoms. The van der Waals surface area contributed by atoms with Gasteiger partial charge in [-0.3, -0.25) is 4.79 Å². The van der Waals surface area contributed by atoms with Gasteiger partial charge in [0.25, 0.3) is 0 Å². The molecule has 0 radical (unpaired) electrons. The van der Waals surface area contributed by atoms with Crippen molar-refractivity contribution < 1.29 is 9.90 Å². The summed E-state index contributed by atoms with van der Waals surface area (Å²) in [7, 11) is 0. The van der Waals surface area contributed by atoms with Crippen LogP contribution < -0.4 is 10.6 Å². The highest BCUT2D eigenvalue weighted by atomic mass is 16.3. The minimum Gasteiger partial charge on any atom is -0.505 e. The lowest BCUT2D eigenvalue weighted by Gasteiger charge is -2.22. The van der Waals surface area contributed by atoms with Crippen LogP contribution in [0.1, 0.15) is 31.2 Å². The SMILES string of the molecule is Cc1cccc(NC(=O)CCC2CCNCC2)c1O. The molecular formula is C15H22N2O2. The third kappa shape index (κ3) is 3.96. The molecule has 0 aromatic heterocycles. The molecule has 1 aromatic carbocycles. The fourth-order valence-electron chi connectivity index (χ4n) is 2.48. The smallest absolute Gasteiger partial charge is 0.224 e. The summed E-state index contributed by atoms with van der Waals surface area (Å²) in [5.74, 6) is 0.801. The molecule has 1 saturated heterocycles. The number of piperidine rings is 1. The molecular weight excluding hydrogens is 240 g/mol. The van der Waals surface area contributed by atoms with Crippen LogP contribution in [0.4, 0.5) is 5.69 Å². The number of rotatable bonds is 4. The number of nitrogens with one attached hydrogen (secondary N) is 2. The molecule has 3 N–H and O–H groups in total. The van der Waals surface area contributed by atoms with Crippen LogP contribution >= 0.6 is 0 Å². The van der Waals surface area contributed by atoms with Gasteiger partial charge in [-0.05, 0) is 56.8 Å². The Bertz CT molecular complexity index is 440. The van der Waals surface area contributed by atoms with E-state index in [0.29, 0.717) is 18.0 Å². The molecule has 1 aromatic rings. The van der Waals surface area contributed by atoms with E-state index < -0.39 is 0 Å². The first kappa shape index (κ1) is 13.9. The molecule has 0 unspecified atom stereocenters. The number of anilines is 1. The Kier molecular flexibility index (Phi) is 4.80. The molecule has 1 amide bonds. The van der Waals surface area contributed by atoms with Gasteiger partial charge in [-0.1, -0.05) is 12.1 Å². The molecule has 2 rings (SSSR count). The van der Waals surface area contributed by atoms with Gasteiger partial charge >= 0.3 is 0 Å². The lowest BCUT2D eigenvalue weighted by Crippen LogP contribution is -2.28. The van der Waals surface area contributed by atoms with Gasteiger partial charge in [-0.15, -0.1) is 0 Å². The Balaban J connectivity index is 1.82. The van der Waals surface area contributed by atoms with E-state index in [1.807, 2.05) is 19.1 Å². The van der Waals surface area contributed by atoms with Crippen molar-refractivity contribution in [3.05, 3.63) is 23.8 Å². The van der Waals surface area contributed by atoms with Crippen molar-refractivity contribution in [2.24, 2.45) is 5.92 Å². The van der Waals surface area contributed by atoms with E-state index in [2.05, 4.69) is 10.6 Å². The zero-order valence-corrected chi connectivity index (χ0v) is 11.4. The van der Waals surface area contributed by atoms with Gasteiger partial charge in [0, 0.05) is 6.42 Å². The highest BCUT2D eigenvalue weighted by Crippen LogP contribution is 2.27. The number of hydrogen-bond donors (Lipinski definition) is 3. The van der Waals surface area contributed by atoms with Crippen LogP contribution in [0.15, 0.2) is 18.2 Å². The minimum absolute atomic E-state index is 0.0144. The molecule has 1 fully saturated rings. The van der Waals surface area contributed by atoms with E-state index in [-0.39, 0.29) is 11.7 Å². The van der Waals surface area contributed by atoms with Crippen molar-refractivity contribution in [1.82, 2.24) is 5.32 Å². The Morgan fingerprint density at radius 3 is 2.89 bits per heavy atom. The molecule has 0 atom stereocenters. The van der Waals surface area contributed by atoms with Crippen molar-refractivity contribution >= 4 is 11.6 Å². The van der Waals surface area contributed by atoms with E-state index in [0.717, 1.165) is 37.9 Å². The van der Waals surface area contributed by atoms with Crippen LogP contribution in [0.5, 0.6) is 5.75 Å². The number of benzene rings is 1. The van der Waals surface area contributed by atoms with Crippen LogP contribution in [-0.4, -0.2) is 24.1 Å². The van der Waals surface area contributed by atoms with Crippen molar-refractivity contribution in [1.29, 1.82) is 0 Å². The number of aryl methyl sites for hydroxylation is 1. The molecule has 0 spiro atoms. The molecule has 0 aliphatic carbocycles. The molecule has 104 valence electrons. The molecule has 4 heteroatoms. The van der Waals surface area contributed by atoms with Gasteiger partial charge in [0.1, 0.15) is 5.75 Å². The quantitative estimate of drug-likeness (QED) is 0.730. The second kappa shape index (κ2) is 6.57. The highest BCUT2D eigenvalue weighted by molar-refractivity contribution is 5.92. The molecule has 4 nitrogen and oxygen atoms in total. The summed E-state index contributed by atoms with van der Waals surface area (Å²) in [5.41, 5.74) is 1.28. The van der Waals surface area contributed by atoms with Crippen molar-refractivity contribution in [2.45, 2.75) is 32.6 Å². The van der Waals surface area contributed by atoms with Crippen LogP contribution in [-0.2, 0) is 4.79 Å². The van der Waals surface area contributed by atoms with E-state index in [4.69, 9.17) is 0 Å². The standard InChI is InChI=1S/C15H22N2O2/c1-11-3-2-4-13(15(11)19)17-14(18)6-5-12-7-9-16-10-8-12/h2-4,12,16,19H,5-10H2,1H3,(H,17,18). The summed E-state index contributed by atoms with van der Waals surface area (Å²) in [6, 6.07) is 5.38. The number of aromatic hydroxyl groups is 1. The lowest BCUT2D eigenvalue weighted by atomic mass is 9.93. The largest absolute Gasteiger partial charge is 0.505 e. The molecule has 0 saturated carbocycles. The van der Waals surface area contributed by atoms with Crippen LogP contribution in [0.2, 0.25) is 0 Å². The van der Waals surface area contributed by atoms with Gasteiger partial charge in [0.05, 0.1) is 5.69 Å². The summed E-state index contributed by atoms with van der Waals surface area (Å²) in [6.07, 6.45) is 3.77. The Hall–Kier alpha value is -1.55. The number of hydrogen-bond acceptors (Lipinski definition) is 3. The number of carbonyl (C=O) groups excluding carboxylic acids is 1. The number of para-hydroxylation sites is 1. The number of amides is 1. The second-order valence-corrected chi connectivity index (χ2v) is 5.25. The number of carbonyl (C=O) groups is 1. The maximum Gasteiger partial charge on any atom is 0.224 e. The van der Waals surface area contributed by atoms with Gasteiger partial charge in [-0.2, -0.15) is 0 Å². The summed E-state index contributed by atoms with van der Waals surface area (Å²) < 4.78 is 0. The normalized spacial score (nSPS) is 16.3. The third-order valence-electron chi connectivity index (χ3n) is 3.75. The van der Waals surface area contributed by atoms with Gasteiger partial charge in [0.15, 0.2) is 0 Å². The van der Waals surface area contributed by atoms with Gasteiger partial charge in [-0.25, -0.2) is 0 Å². The van der Waals surface area contributed by atoms with Crippen LogP contribution in [0, 0.1) is 12.8 Å². The first-order chi connectivity index (χ1) is 9.16. The van der Waals surface area contributed by atoms with Crippen molar-refractivity contribution in [3.8, 4) is 5.75 Å². The molecule has 1 heterocycles. The Morgan fingerprint density at radius 2 is 2.16 bits per heavy atom. The van der Waals surface area contributed by atoms with Crippen LogP contribution in [0.3, 0.4) is 0 Å². The van der Waals surface area contributed by atoms with Crippen LogP contribution in [0.25, 0.3) is 0 Å². The number of phenols is 1. The maximum atomic E-state index is 11.9. The Labute approximate surface area is 114 Å². The van der Waals surface area contributed by atoms with E-state index in [1.165, 1.54) is 0 Å². The zero-order valence-electron chi connectivity index (χ0n) is 11.4. The molecule has 1 aliphatic rings. The Morgan fingerprint density at radius 1 is 1.42 bits per heavy atom. The summed E-state index contributed by atoms with van der Waals surface area (Å²) in [5, 5.41) is 15.9. The van der Waals surface area contributed by atoms with E-state index in [1.54, 1.807) is 6.07 Å². The minimum atomic E-state index is -0.0144. The lowest BCUT2D eigenvalue weighted by molar-refractivity contribution is -0.116. The number of phenolic OH excluding ortho intramolecular Hbond substituents is 1. The van der Waals surface area contributed by atoms with Crippen molar-refractivity contribution in [2.75, 3.05) is 18.4 Å². The topological polar surface area (TPSA) is 61.4 Å². The fraction of sp³-hybridized carbons (Fsp3) is 0.533. The van der Waals surface area contributed by atoms with Gasteiger partial charge < -0.3 is 15.7 Å². The molecule has 0 bridgehead atoms. The average Bonchev–Trinajstić information content (AvgIpc) is 2.43. The predicted molar refractivity (Wildman–Crippen MR) is 76.3 cm³/mol. The van der Waals surface area contributed by atoms with Crippen molar-refractivity contribution in [3.63, 3.8) is 0 Å². The maximum absolute atomic E-state index is 11.9. The highest BCUT2D eigenvalue weighted by Gasteiger charge is 2.15. The van der Waals surface area contributed by atoms with E-state index >= 15 is 0 Å². The monoisotopic (exact) mass is 262 g/mol. The van der Waals surface area contributed by atoms with Gasteiger partial charge in [0.2, 0.25) is 5.91 Å². The zero-order chi connectivity index (χ0) is 13.7.